The van der Waals surface area contributed by atoms with Gasteiger partial charge in [0.1, 0.15) is 6.04 Å². The monoisotopic (exact) mass is 271 g/mol. The highest BCUT2D eigenvalue weighted by Gasteiger charge is 2.27. The number of aliphatic carboxylic acids is 1. The third-order valence-electron chi connectivity index (χ3n) is 3.74. The first kappa shape index (κ1) is 16.4. The molecule has 1 aliphatic heterocycles. The van der Waals surface area contributed by atoms with Crippen LogP contribution in [0, 0.1) is 0 Å². The Kier molecular flexibility index (Phi) is 6.75. The van der Waals surface area contributed by atoms with Gasteiger partial charge in [0.2, 0.25) is 0 Å². The number of rotatable bonds is 6. The summed E-state index contributed by atoms with van der Waals surface area (Å²) in [5, 5.41) is 12.5. The number of nitrogens with one attached hydrogen (secondary N) is 1. The van der Waals surface area contributed by atoms with Crippen LogP contribution < -0.4 is 5.32 Å². The van der Waals surface area contributed by atoms with E-state index >= 15 is 0 Å². The molecule has 1 heterocycles. The molecule has 0 spiro atoms. The standard InChI is InChI=1S/C14H29N3O2/c1-5-12-9-16(4)7-6-8-17(12)10-13(14(18)19)15-11(2)3/h11-13,15H,5-10H2,1-4H3,(H,18,19). The van der Waals surface area contributed by atoms with Crippen LogP contribution in [0.5, 0.6) is 0 Å². The van der Waals surface area contributed by atoms with Crippen molar-refractivity contribution in [2.75, 3.05) is 33.2 Å². The summed E-state index contributed by atoms with van der Waals surface area (Å²) in [4.78, 5) is 16.0. The fourth-order valence-electron chi connectivity index (χ4n) is 2.76. The highest BCUT2D eigenvalue weighted by Crippen LogP contribution is 2.12. The Bertz CT molecular complexity index is 284. The fraction of sp³-hybridized carbons (Fsp3) is 0.929. The van der Waals surface area contributed by atoms with E-state index in [0.717, 1.165) is 32.5 Å². The number of nitrogens with zero attached hydrogens (tertiary/aromatic N) is 2. The van der Waals surface area contributed by atoms with Gasteiger partial charge in [-0.15, -0.1) is 0 Å². The second-order valence-corrected chi connectivity index (χ2v) is 5.88. The van der Waals surface area contributed by atoms with Crippen LogP contribution in [0.3, 0.4) is 0 Å². The SMILES string of the molecule is CCC1CN(C)CCCN1CC(NC(C)C)C(=O)O. The first-order valence-electron chi connectivity index (χ1n) is 7.35. The van der Waals surface area contributed by atoms with Crippen LogP contribution in [0.2, 0.25) is 0 Å². The Morgan fingerprint density at radius 3 is 2.63 bits per heavy atom. The van der Waals surface area contributed by atoms with Gasteiger partial charge in [-0.05, 0) is 33.0 Å². The zero-order valence-corrected chi connectivity index (χ0v) is 12.7. The van der Waals surface area contributed by atoms with E-state index in [1.807, 2.05) is 13.8 Å². The first-order valence-corrected chi connectivity index (χ1v) is 7.35. The van der Waals surface area contributed by atoms with Crippen molar-refractivity contribution in [1.82, 2.24) is 15.1 Å². The van der Waals surface area contributed by atoms with Gasteiger partial charge in [-0.2, -0.15) is 0 Å². The van der Waals surface area contributed by atoms with Gasteiger partial charge in [0.25, 0.3) is 0 Å². The van der Waals surface area contributed by atoms with Crippen molar-refractivity contribution in [3.05, 3.63) is 0 Å². The number of carboxylic acids is 1. The van der Waals surface area contributed by atoms with E-state index in [1.165, 1.54) is 0 Å². The second-order valence-electron chi connectivity index (χ2n) is 5.88. The van der Waals surface area contributed by atoms with Crippen LogP contribution >= 0.6 is 0 Å². The van der Waals surface area contributed by atoms with Gasteiger partial charge < -0.3 is 15.3 Å². The van der Waals surface area contributed by atoms with Crippen LogP contribution in [0.25, 0.3) is 0 Å². The number of likely N-dealkylation sites (N-methyl/N-ethyl adjacent to an activating group) is 1. The summed E-state index contributed by atoms with van der Waals surface area (Å²) in [5.74, 6) is -0.749. The van der Waals surface area contributed by atoms with Crippen molar-refractivity contribution < 1.29 is 9.90 Å². The first-order chi connectivity index (χ1) is 8.93. The minimum Gasteiger partial charge on any atom is -0.480 e. The molecule has 0 bridgehead atoms. The molecule has 0 aromatic rings. The lowest BCUT2D eigenvalue weighted by Gasteiger charge is -2.32. The van der Waals surface area contributed by atoms with E-state index in [1.54, 1.807) is 0 Å². The molecular weight excluding hydrogens is 242 g/mol. The Morgan fingerprint density at radius 1 is 1.42 bits per heavy atom. The molecule has 1 rings (SSSR count). The van der Waals surface area contributed by atoms with E-state index in [2.05, 4.69) is 29.1 Å². The predicted octanol–water partition coefficient (Wildman–Crippen LogP) is 0.854. The highest BCUT2D eigenvalue weighted by atomic mass is 16.4. The molecule has 0 aromatic carbocycles. The lowest BCUT2D eigenvalue weighted by Crippen LogP contribution is -2.52. The van der Waals surface area contributed by atoms with E-state index in [-0.39, 0.29) is 6.04 Å². The van der Waals surface area contributed by atoms with Crippen LogP contribution in [0.4, 0.5) is 0 Å². The van der Waals surface area contributed by atoms with Crippen LogP contribution in [0.15, 0.2) is 0 Å². The third kappa shape index (κ3) is 5.47. The minimum absolute atomic E-state index is 0.191. The molecule has 1 fully saturated rings. The molecule has 2 atom stereocenters. The summed E-state index contributed by atoms with van der Waals surface area (Å²) in [7, 11) is 2.15. The number of hydrogen-bond donors (Lipinski definition) is 2. The van der Waals surface area contributed by atoms with Gasteiger partial charge >= 0.3 is 5.97 Å². The van der Waals surface area contributed by atoms with E-state index in [9.17, 15) is 9.90 Å². The van der Waals surface area contributed by atoms with Crippen molar-refractivity contribution in [3.63, 3.8) is 0 Å². The maximum Gasteiger partial charge on any atom is 0.322 e. The van der Waals surface area contributed by atoms with Gasteiger partial charge in [0, 0.05) is 25.2 Å². The molecule has 2 N–H and O–H groups in total. The van der Waals surface area contributed by atoms with Gasteiger partial charge in [-0.25, -0.2) is 0 Å². The number of hydrogen-bond acceptors (Lipinski definition) is 4. The summed E-state index contributed by atoms with van der Waals surface area (Å²) in [6.45, 7) is 9.88. The average Bonchev–Trinajstić information content (AvgIpc) is 2.49. The second kappa shape index (κ2) is 7.82. The third-order valence-corrected chi connectivity index (χ3v) is 3.74. The van der Waals surface area contributed by atoms with Gasteiger partial charge in [0.05, 0.1) is 0 Å². The molecule has 19 heavy (non-hydrogen) atoms. The fourth-order valence-corrected chi connectivity index (χ4v) is 2.76. The minimum atomic E-state index is -0.749. The van der Waals surface area contributed by atoms with Crippen molar-refractivity contribution >= 4 is 5.97 Å². The zero-order valence-electron chi connectivity index (χ0n) is 12.7. The smallest absolute Gasteiger partial charge is 0.322 e. The summed E-state index contributed by atoms with van der Waals surface area (Å²) in [6, 6.07) is 0.177. The lowest BCUT2D eigenvalue weighted by molar-refractivity contribution is -0.140. The molecule has 5 nitrogen and oxygen atoms in total. The van der Waals surface area contributed by atoms with Gasteiger partial charge in [-0.3, -0.25) is 9.69 Å². The summed E-state index contributed by atoms with van der Waals surface area (Å²) >= 11 is 0. The highest BCUT2D eigenvalue weighted by molar-refractivity contribution is 5.73. The van der Waals surface area contributed by atoms with E-state index in [0.29, 0.717) is 12.6 Å². The van der Waals surface area contributed by atoms with Crippen LogP contribution in [0.1, 0.15) is 33.6 Å². The zero-order chi connectivity index (χ0) is 14.4. The summed E-state index contributed by atoms with van der Waals surface area (Å²) < 4.78 is 0. The molecule has 0 amide bonds. The molecule has 2 unspecified atom stereocenters. The molecule has 112 valence electrons. The maximum absolute atomic E-state index is 11.4. The summed E-state index contributed by atoms with van der Waals surface area (Å²) in [6.07, 6.45) is 2.18. The Balaban J connectivity index is 2.66. The molecule has 0 saturated carbocycles. The van der Waals surface area contributed by atoms with Gasteiger partial charge in [-0.1, -0.05) is 20.8 Å². The molecule has 0 radical (unpaired) electrons. The van der Waals surface area contributed by atoms with Crippen LogP contribution in [-0.4, -0.2) is 72.2 Å². The molecular formula is C14H29N3O2. The molecule has 1 saturated heterocycles. The Labute approximate surface area is 117 Å². The van der Waals surface area contributed by atoms with Crippen molar-refractivity contribution in [2.24, 2.45) is 0 Å². The number of carboxylic acid groups (broad SMARTS) is 1. The normalized spacial score (nSPS) is 24.4. The van der Waals surface area contributed by atoms with E-state index < -0.39 is 12.0 Å². The number of carbonyl (C=O) groups is 1. The molecule has 0 aliphatic carbocycles. The largest absolute Gasteiger partial charge is 0.480 e. The van der Waals surface area contributed by atoms with Crippen molar-refractivity contribution in [2.45, 2.75) is 51.7 Å². The average molecular weight is 271 g/mol. The van der Waals surface area contributed by atoms with Crippen LogP contribution in [-0.2, 0) is 4.79 Å². The quantitative estimate of drug-likeness (QED) is 0.750. The molecule has 1 aliphatic rings. The molecule has 0 aromatic heterocycles. The molecule has 5 heteroatoms. The Hall–Kier alpha value is -0.650. The van der Waals surface area contributed by atoms with Crippen molar-refractivity contribution in [3.8, 4) is 0 Å². The topological polar surface area (TPSA) is 55.8 Å². The maximum atomic E-state index is 11.4. The lowest BCUT2D eigenvalue weighted by atomic mass is 10.1. The van der Waals surface area contributed by atoms with Gasteiger partial charge in [0.15, 0.2) is 0 Å². The summed E-state index contributed by atoms with van der Waals surface area (Å²) in [5.41, 5.74) is 0. The Morgan fingerprint density at radius 2 is 2.11 bits per heavy atom. The van der Waals surface area contributed by atoms with Crippen molar-refractivity contribution in [1.29, 1.82) is 0 Å². The van der Waals surface area contributed by atoms with E-state index in [4.69, 9.17) is 0 Å². The predicted molar refractivity (Wildman–Crippen MR) is 77.5 cm³/mol.